The summed E-state index contributed by atoms with van der Waals surface area (Å²) >= 11 is 4.22. The van der Waals surface area contributed by atoms with Crippen LogP contribution in [0.2, 0.25) is 36.3 Å². The predicted octanol–water partition coefficient (Wildman–Crippen LogP) is 12.6. The van der Waals surface area contributed by atoms with Crippen LogP contribution in [0.1, 0.15) is 111 Å². The lowest BCUT2D eigenvalue weighted by Crippen LogP contribution is -2.48. The van der Waals surface area contributed by atoms with E-state index in [1.165, 1.54) is 6.42 Å². The van der Waals surface area contributed by atoms with Crippen molar-refractivity contribution in [2.45, 2.75) is 184 Å². The molecule has 4 rings (SSSR count). The molecule has 4 atom stereocenters. The highest BCUT2D eigenvalue weighted by atomic mass is 32.2. The first kappa shape index (κ1) is 50.6. The molecule has 12 heteroatoms. The van der Waals surface area contributed by atoms with Gasteiger partial charge in [-0.05, 0) is 136 Å². The molecule has 0 amide bonds. The highest BCUT2D eigenvalue weighted by Crippen LogP contribution is 2.51. The van der Waals surface area contributed by atoms with Gasteiger partial charge in [0.15, 0.2) is 22.4 Å². The first-order chi connectivity index (χ1) is 27.5. The first-order valence-electron chi connectivity index (χ1n) is 21.9. The summed E-state index contributed by atoms with van der Waals surface area (Å²) < 4.78 is 51.3. The molecule has 2 saturated heterocycles. The van der Waals surface area contributed by atoms with E-state index in [0.29, 0.717) is 26.4 Å². The van der Waals surface area contributed by atoms with Crippen molar-refractivity contribution in [2.75, 3.05) is 38.9 Å². The van der Waals surface area contributed by atoms with Crippen molar-refractivity contribution < 1.29 is 37.3 Å². The maximum absolute atomic E-state index is 7.32. The van der Waals surface area contributed by atoms with E-state index in [9.17, 15) is 0 Å². The number of ether oxygens (including phenoxy) is 6. The minimum absolute atomic E-state index is 0.0205. The van der Waals surface area contributed by atoms with Crippen molar-refractivity contribution in [1.82, 2.24) is 0 Å². The second-order valence-corrected chi connectivity index (χ2v) is 32.9. The summed E-state index contributed by atoms with van der Waals surface area (Å²) in [5.41, 5.74) is 2.28. The van der Waals surface area contributed by atoms with Crippen molar-refractivity contribution in [2.24, 2.45) is 0 Å². The van der Waals surface area contributed by atoms with Gasteiger partial charge < -0.3 is 37.3 Å². The van der Waals surface area contributed by atoms with Gasteiger partial charge in [-0.1, -0.05) is 65.8 Å². The lowest BCUT2D eigenvalue weighted by atomic mass is 9.97. The molecule has 0 aromatic heterocycles. The molecule has 8 nitrogen and oxygen atoms in total. The molecule has 0 N–H and O–H groups in total. The molecule has 2 aliphatic heterocycles. The van der Waals surface area contributed by atoms with Crippen molar-refractivity contribution in [3.8, 4) is 11.5 Å². The van der Waals surface area contributed by atoms with Crippen molar-refractivity contribution in [3.05, 3.63) is 59.7 Å². The molecule has 2 aromatic carbocycles. The number of benzene rings is 2. The minimum Gasteiger partial charge on any atom is -0.497 e. The molecule has 0 unspecified atom stereocenters. The van der Waals surface area contributed by atoms with Gasteiger partial charge >= 0.3 is 0 Å². The van der Waals surface area contributed by atoms with E-state index in [0.717, 1.165) is 72.7 Å². The fourth-order valence-corrected chi connectivity index (χ4v) is 13.2. The molecule has 2 heterocycles. The lowest BCUT2D eigenvalue weighted by Gasteiger charge is -2.46. The third-order valence-electron chi connectivity index (χ3n) is 12.7. The molecular weight excluding hydrogens is 813 g/mol. The van der Waals surface area contributed by atoms with E-state index in [1.807, 2.05) is 24.3 Å². The topological polar surface area (TPSA) is 73.8 Å². The monoisotopic (exact) mass is 892 g/mol. The van der Waals surface area contributed by atoms with Gasteiger partial charge in [0.1, 0.15) is 11.5 Å². The van der Waals surface area contributed by atoms with Gasteiger partial charge in [-0.3, -0.25) is 0 Å². The Morgan fingerprint density at radius 2 is 1.27 bits per heavy atom. The Morgan fingerprint density at radius 1 is 0.729 bits per heavy atom. The Morgan fingerprint density at radius 3 is 1.81 bits per heavy atom. The Bertz CT molecular complexity index is 1520. The Labute approximate surface area is 369 Å². The summed E-state index contributed by atoms with van der Waals surface area (Å²) in [4.78, 5) is 0. The maximum atomic E-state index is 7.32. The molecule has 59 heavy (non-hydrogen) atoms. The standard InChI is InChI=1S/C47H80O8S2Si2/c1-44(2,3)58(11,12)52-27-25-41(55-59(13,14)45(4,5)6)31-42(51-35-37-18-22-39(49-10)23-19-37)32-47(56-28-15-29-57-47)33-43-30-40(53-46(7,8)54-43)24-26-50-34-36-16-20-38(48-9)21-17-36/h16-23,40-43H,15,24-35H2,1-14H3/t40-,41-,42-,43-/m0/s1. The molecular formula is C47H80O8S2Si2. The molecule has 0 spiro atoms. The second kappa shape index (κ2) is 22.0. The van der Waals surface area contributed by atoms with Crippen LogP contribution in [0.3, 0.4) is 0 Å². The van der Waals surface area contributed by atoms with Crippen LogP contribution in [0, 0.1) is 0 Å². The molecule has 0 bridgehead atoms. The van der Waals surface area contributed by atoms with E-state index < -0.39 is 22.4 Å². The maximum Gasteiger partial charge on any atom is 0.192 e. The van der Waals surface area contributed by atoms with Crippen LogP contribution >= 0.6 is 23.5 Å². The van der Waals surface area contributed by atoms with Crippen LogP contribution in [0.5, 0.6) is 11.5 Å². The lowest BCUT2D eigenvalue weighted by molar-refractivity contribution is -0.302. The van der Waals surface area contributed by atoms with Crippen molar-refractivity contribution >= 4 is 40.2 Å². The quantitative estimate of drug-likeness (QED) is 0.0843. The van der Waals surface area contributed by atoms with E-state index >= 15 is 0 Å². The summed E-state index contributed by atoms with van der Waals surface area (Å²) in [7, 11) is -0.630. The third kappa shape index (κ3) is 16.2. The van der Waals surface area contributed by atoms with Gasteiger partial charge in [0, 0.05) is 25.7 Å². The van der Waals surface area contributed by atoms with Gasteiger partial charge in [-0.15, -0.1) is 23.5 Å². The van der Waals surface area contributed by atoms with Gasteiger partial charge in [0.25, 0.3) is 0 Å². The number of hydrogen-bond acceptors (Lipinski definition) is 10. The third-order valence-corrected chi connectivity index (χ3v) is 25.2. The summed E-state index contributed by atoms with van der Waals surface area (Å²) in [6.07, 6.45) is 6.52. The Hall–Kier alpha value is -1.07. The van der Waals surface area contributed by atoms with Gasteiger partial charge in [-0.2, -0.15) is 0 Å². The predicted molar refractivity (Wildman–Crippen MR) is 253 cm³/mol. The molecule has 0 aliphatic carbocycles. The van der Waals surface area contributed by atoms with Crippen LogP contribution < -0.4 is 9.47 Å². The first-order valence-corrected chi connectivity index (χ1v) is 29.7. The highest BCUT2D eigenvalue weighted by Gasteiger charge is 2.45. The largest absolute Gasteiger partial charge is 0.497 e. The average Bonchev–Trinajstić information content (AvgIpc) is 3.14. The number of rotatable bonds is 22. The SMILES string of the molecule is COc1ccc(COCC[C@H]2C[C@@H](CC3(C[C@H](C[C@H](CCO[Si](C)(C)C(C)(C)C)O[Si](C)(C)C(C)(C)C)OCc4ccc(OC)cc4)SCCCS3)OC(C)(C)O2)cc1. The van der Waals surface area contributed by atoms with Crippen LogP contribution in [-0.4, -0.2) is 89.9 Å². The Balaban J connectivity index is 1.54. The average molecular weight is 893 g/mol. The molecule has 336 valence electrons. The van der Waals surface area contributed by atoms with Crippen LogP contribution in [0.15, 0.2) is 48.5 Å². The van der Waals surface area contributed by atoms with Crippen LogP contribution in [-0.2, 0) is 41.0 Å². The summed E-state index contributed by atoms with van der Waals surface area (Å²) in [6, 6.07) is 16.3. The normalized spacial score (nSPS) is 21.2. The number of methoxy groups -OCH3 is 2. The zero-order valence-corrected chi connectivity index (χ0v) is 42.8. The van der Waals surface area contributed by atoms with Gasteiger partial charge in [-0.25, -0.2) is 0 Å². The molecule has 2 fully saturated rings. The molecule has 0 radical (unpaired) electrons. The smallest absolute Gasteiger partial charge is 0.192 e. The van der Waals surface area contributed by atoms with Crippen molar-refractivity contribution in [3.63, 3.8) is 0 Å². The van der Waals surface area contributed by atoms with E-state index in [4.69, 9.17) is 37.3 Å². The molecule has 2 aromatic rings. The second-order valence-electron chi connectivity index (χ2n) is 20.1. The van der Waals surface area contributed by atoms with E-state index in [-0.39, 0.29) is 38.6 Å². The van der Waals surface area contributed by atoms with Crippen molar-refractivity contribution in [1.29, 1.82) is 0 Å². The number of hydrogen-bond donors (Lipinski definition) is 0. The van der Waals surface area contributed by atoms with Gasteiger partial charge in [0.05, 0.1) is 49.8 Å². The highest BCUT2D eigenvalue weighted by molar-refractivity contribution is 8.18. The molecule has 2 aliphatic rings. The van der Waals surface area contributed by atoms with Gasteiger partial charge in [0.2, 0.25) is 0 Å². The van der Waals surface area contributed by atoms with E-state index in [1.54, 1.807) is 14.2 Å². The fraction of sp³-hybridized carbons (Fsp3) is 0.745. The van der Waals surface area contributed by atoms with E-state index in [2.05, 4.69) is 129 Å². The summed E-state index contributed by atoms with van der Waals surface area (Å²) in [5, 5.41) is 0.241. The zero-order valence-electron chi connectivity index (χ0n) is 39.2. The fourth-order valence-electron chi connectivity index (χ4n) is 7.20. The minimum atomic E-state index is -2.11. The summed E-state index contributed by atoms with van der Waals surface area (Å²) in [6.45, 7) is 29.9. The van der Waals surface area contributed by atoms with Crippen LogP contribution in [0.4, 0.5) is 0 Å². The summed E-state index contributed by atoms with van der Waals surface area (Å²) in [5.74, 6) is 3.30. The molecule has 0 saturated carbocycles. The Kier molecular flexibility index (Phi) is 18.9. The van der Waals surface area contributed by atoms with Crippen LogP contribution in [0.25, 0.3) is 0 Å². The zero-order chi connectivity index (χ0) is 43.5. The number of thioether (sulfide) groups is 2.